The average molecular weight is 419 g/mol. The number of aromatic nitrogens is 3. The van der Waals surface area contributed by atoms with E-state index in [4.69, 9.17) is 9.47 Å². The second-order valence-electron chi connectivity index (χ2n) is 6.89. The molecule has 3 aromatic rings. The van der Waals surface area contributed by atoms with Gasteiger partial charge in [-0.2, -0.15) is 4.98 Å². The molecule has 31 heavy (non-hydrogen) atoms. The molecule has 0 spiro atoms. The van der Waals surface area contributed by atoms with E-state index in [1.165, 1.54) is 6.08 Å². The molecule has 0 saturated heterocycles. The molecule has 2 heterocycles. The third-order valence-electron chi connectivity index (χ3n) is 4.66. The lowest BCUT2D eigenvalue weighted by Gasteiger charge is -2.15. The van der Waals surface area contributed by atoms with E-state index in [1.54, 1.807) is 32.7 Å². The molecule has 3 rings (SSSR count). The standard InChI is InChI=1S/C23H25N5O3/c1-6-17(29)9-16-10-18(30-4)7-8-19(16)26-22-15(3)13-25-23(28-22)27-20-11-21(31-5)24-12-14(20)2/h6-8,10-13H,1,9H2,2-5H3,(H2,24,25,26,27,28). The zero-order chi connectivity index (χ0) is 22.4. The third kappa shape index (κ3) is 5.36. The van der Waals surface area contributed by atoms with Gasteiger partial charge in [0.15, 0.2) is 5.78 Å². The second-order valence-corrected chi connectivity index (χ2v) is 6.89. The summed E-state index contributed by atoms with van der Waals surface area (Å²) in [5.41, 5.74) is 4.12. The van der Waals surface area contributed by atoms with Crippen molar-refractivity contribution in [3.8, 4) is 11.6 Å². The number of nitrogens with one attached hydrogen (secondary N) is 2. The van der Waals surface area contributed by atoms with Crippen LogP contribution in [-0.4, -0.2) is 35.0 Å². The first-order chi connectivity index (χ1) is 14.9. The van der Waals surface area contributed by atoms with Gasteiger partial charge in [-0.15, -0.1) is 0 Å². The molecule has 8 nitrogen and oxygen atoms in total. The Labute approximate surface area is 181 Å². The Morgan fingerprint density at radius 2 is 1.81 bits per heavy atom. The topological polar surface area (TPSA) is 98.3 Å². The molecule has 0 amide bonds. The van der Waals surface area contributed by atoms with E-state index in [2.05, 4.69) is 32.2 Å². The molecule has 0 saturated carbocycles. The summed E-state index contributed by atoms with van der Waals surface area (Å²) >= 11 is 0. The van der Waals surface area contributed by atoms with Crippen LogP contribution < -0.4 is 20.1 Å². The molecule has 2 aromatic heterocycles. The molecule has 160 valence electrons. The van der Waals surface area contributed by atoms with Crippen LogP contribution in [-0.2, 0) is 11.2 Å². The quantitative estimate of drug-likeness (QED) is 0.496. The SMILES string of the molecule is C=CC(=O)Cc1cc(OC)ccc1Nc1nc(Nc2cc(OC)ncc2C)ncc1C. The molecule has 0 bridgehead atoms. The van der Waals surface area contributed by atoms with Crippen LogP contribution in [0.4, 0.5) is 23.1 Å². The molecule has 0 atom stereocenters. The minimum atomic E-state index is -0.0832. The number of hydrogen-bond acceptors (Lipinski definition) is 8. The maximum atomic E-state index is 12.0. The smallest absolute Gasteiger partial charge is 0.229 e. The molecule has 0 fully saturated rings. The Morgan fingerprint density at radius 1 is 1.03 bits per heavy atom. The maximum absolute atomic E-state index is 12.0. The molecule has 8 heteroatoms. The van der Waals surface area contributed by atoms with Crippen molar-refractivity contribution in [1.82, 2.24) is 15.0 Å². The van der Waals surface area contributed by atoms with Gasteiger partial charge in [0.25, 0.3) is 0 Å². The first-order valence-electron chi connectivity index (χ1n) is 9.64. The van der Waals surface area contributed by atoms with Gasteiger partial charge < -0.3 is 20.1 Å². The number of ketones is 1. The first-order valence-corrected chi connectivity index (χ1v) is 9.64. The summed E-state index contributed by atoms with van der Waals surface area (Å²) in [6.45, 7) is 7.40. The van der Waals surface area contributed by atoms with Crippen molar-refractivity contribution in [3.05, 3.63) is 66.0 Å². The van der Waals surface area contributed by atoms with Crippen LogP contribution in [0.25, 0.3) is 0 Å². The highest BCUT2D eigenvalue weighted by Gasteiger charge is 2.12. The zero-order valence-corrected chi connectivity index (χ0v) is 18.0. The number of pyridine rings is 1. The van der Waals surface area contributed by atoms with Gasteiger partial charge in [-0.1, -0.05) is 6.58 Å². The molecule has 1 aromatic carbocycles. The van der Waals surface area contributed by atoms with Crippen LogP contribution in [0.15, 0.2) is 49.3 Å². The van der Waals surface area contributed by atoms with Gasteiger partial charge in [0.1, 0.15) is 11.6 Å². The molecular weight excluding hydrogens is 394 g/mol. The van der Waals surface area contributed by atoms with E-state index in [-0.39, 0.29) is 12.2 Å². The fourth-order valence-electron chi connectivity index (χ4n) is 2.85. The molecule has 2 N–H and O–H groups in total. The lowest BCUT2D eigenvalue weighted by molar-refractivity contribution is -0.114. The van der Waals surface area contributed by atoms with Crippen LogP contribution >= 0.6 is 0 Å². The zero-order valence-electron chi connectivity index (χ0n) is 18.0. The van der Waals surface area contributed by atoms with Crippen LogP contribution in [0.5, 0.6) is 11.6 Å². The van der Waals surface area contributed by atoms with Gasteiger partial charge in [-0.25, -0.2) is 9.97 Å². The molecule has 0 unspecified atom stereocenters. The Hall–Kier alpha value is -3.94. The number of aryl methyl sites for hydroxylation is 2. The van der Waals surface area contributed by atoms with Crippen molar-refractivity contribution in [2.45, 2.75) is 20.3 Å². The Balaban J connectivity index is 1.91. The van der Waals surface area contributed by atoms with Crippen molar-refractivity contribution in [3.63, 3.8) is 0 Å². The average Bonchev–Trinajstić information content (AvgIpc) is 2.78. The van der Waals surface area contributed by atoms with Crippen molar-refractivity contribution >= 4 is 28.9 Å². The number of allylic oxidation sites excluding steroid dienone is 1. The first kappa shape index (κ1) is 21.8. The van der Waals surface area contributed by atoms with E-state index in [0.717, 1.165) is 28.1 Å². The molecular formula is C23H25N5O3. The van der Waals surface area contributed by atoms with Gasteiger partial charge in [0, 0.05) is 36.1 Å². The highest BCUT2D eigenvalue weighted by atomic mass is 16.5. The Bertz CT molecular complexity index is 1110. The summed E-state index contributed by atoms with van der Waals surface area (Å²) in [5, 5.41) is 6.52. The normalized spacial score (nSPS) is 10.3. The van der Waals surface area contributed by atoms with Gasteiger partial charge in [0.2, 0.25) is 11.8 Å². The summed E-state index contributed by atoms with van der Waals surface area (Å²) in [5.74, 6) is 2.12. The number of rotatable bonds is 9. The molecule has 0 aliphatic carbocycles. The highest BCUT2D eigenvalue weighted by molar-refractivity contribution is 5.92. The summed E-state index contributed by atoms with van der Waals surface area (Å²) in [6, 6.07) is 7.30. The van der Waals surface area contributed by atoms with Crippen LogP contribution in [0.3, 0.4) is 0 Å². The van der Waals surface area contributed by atoms with Gasteiger partial charge >= 0.3 is 0 Å². The van der Waals surface area contributed by atoms with E-state index in [1.807, 2.05) is 32.0 Å². The fourth-order valence-corrected chi connectivity index (χ4v) is 2.85. The Kier molecular flexibility index (Phi) is 6.81. The van der Waals surface area contributed by atoms with Crippen molar-refractivity contribution in [1.29, 1.82) is 0 Å². The van der Waals surface area contributed by atoms with E-state index >= 15 is 0 Å². The van der Waals surface area contributed by atoms with Crippen molar-refractivity contribution in [2.24, 2.45) is 0 Å². The third-order valence-corrected chi connectivity index (χ3v) is 4.66. The molecule has 0 aliphatic heterocycles. The van der Waals surface area contributed by atoms with Crippen molar-refractivity contribution in [2.75, 3.05) is 24.9 Å². The number of carbonyl (C=O) groups excluding carboxylic acids is 1. The monoisotopic (exact) mass is 419 g/mol. The fraction of sp³-hybridized carbons (Fsp3) is 0.217. The summed E-state index contributed by atoms with van der Waals surface area (Å²) in [6.07, 6.45) is 4.96. The second kappa shape index (κ2) is 9.71. The van der Waals surface area contributed by atoms with Crippen LogP contribution in [0, 0.1) is 13.8 Å². The Morgan fingerprint density at radius 3 is 2.52 bits per heavy atom. The van der Waals surface area contributed by atoms with Crippen LogP contribution in [0.1, 0.15) is 16.7 Å². The summed E-state index contributed by atoms with van der Waals surface area (Å²) in [4.78, 5) is 25.1. The van der Waals surface area contributed by atoms with E-state index in [0.29, 0.717) is 23.4 Å². The predicted molar refractivity (Wildman–Crippen MR) is 121 cm³/mol. The summed E-state index contributed by atoms with van der Waals surface area (Å²) in [7, 11) is 3.15. The number of hydrogen-bond donors (Lipinski definition) is 2. The van der Waals surface area contributed by atoms with Gasteiger partial charge in [-0.3, -0.25) is 4.79 Å². The summed E-state index contributed by atoms with van der Waals surface area (Å²) < 4.78 is 10.5. The van der Waals surface area contributed by atoms with Gasteiger partial charge in [-0.05, 0) is 49.2 Å². The number of nitrogens with zero attached hydrogens (tertiary/aromatic N) is 3. The molecule has 0 aliphatic rings. The number of anilines is 4. The minimum Gasteiger partial charge on any atom is -0.497 e. The number of carbonyl (C=O) groups is 1. The van der Waals surface area contributed by atoms with E-state index < -0.39 is 0 Å². The molecule has 0 radical (unpaired) electrons. The maximum Gasteiger partial charge on any atom is 0.229 e. The minimum absolute atomic E-state index is 0.0832. The largest absolute Gasteiger partial charge is 0.497 e. The number of methoxy groups -OCH3 is 2. The highest BCUT2D eigenvalue weighted by Crippen LogP contribution is 2.28. The van der Waals surface area contributed by atoms with Crippen molar-refractivity contribution < 1.29 is 14.3 Å². The predicted octanol–water partition coefficient (Wildman–Crippen LogP) is 4.29. The lowest BCUT2D eigenvalue weighted by Crippen LogP contribution is -2.07. The number of benzene rings is 1. The van der Waals surface area contributed by atoms with E-state index in [9.17, 15) is 4.79 Å². The lowest BCUT2D eigenvalue weighted by atomic mass is 10.1. The van der Waals surface area contributed by atoms with Crippen LogP contribution in [0.2, 0.25) is 0 Å². The van der Waals surface area contributed by atoms with Gasteiger partial charge in [0.05, 0.1) is 19.9 Å². The number of ether oxygens (including phenoxy) is 2.